The molecule has 0 spiro atoms. The molecule has 0 aliphatic carbocycles. The van der Waals surface area contributed by atoms with Crippen LogP contribution in [0.2, 0.25) is 0 Å². The van der Waals surface area contributed by atoms with Gasteiger partial charge in [-0.25, -0.2) is 4.79 Å². The van der Waals surface area contributed by atoms with Gasteiger partial charge in [0.1, 0.15) is 25.2 Å². The molecule has 0 saturated carbocycles. The van der Waals surface area contributed by atoms with Crippen molar-refractivity contribution in [2.75, 3.05) is 38.4 Å². The Morgan fingerprint density at radius 3 is 2.26 bits per heavy atom. The summed E-state index contributed by atoms with van der Waals surface area (Å²) in [6.07, 6.45) is 1.24. The van der Waals surface area contributed by atoms with Crippen molar-refractivity contribution in [3.05, 3.63) is 84.4 Å². The number of ether oxygens (including phenoxy) is 3. The van der Waals surface area contributed by atoms with Crippen molar-refractivity contribution in [1.29, 1.82) is 0 Å². The van der Waals surface area contributed by atoms with E-state index in [-0.39, 0.29) is 13.2 Å². The Morgan fingerprint density at radius 2 is 1.53 bits per heavy atom. The molecule has 3 N–H and O–H groups in total. The van der Waals surface area contributed by atoms with Crippen LogP contribution in [0.4, 0.5) is 5.69 Å². The molecule has 2 aliphatic rings. The third kappa shape index (κ3) is 8.19. The zero-order valence-corrected chi connectivity index (χ0v) is 23.9. The first-order valence-corrected chi connectivity index (χ1v) is 14.6. The second-order valence-electron chi connectivity index (χ2n) is 10.7. The highest BCUT2D eigenvalue weighted by atomic mass is 16.7. The molecule has 10 nitrogen and oxygen atoms in total. The highest BCUT2D eigenvalue weighted by Crippen LogP contribution is 2.28. The number of rotatable bonds is 12. The average Bonchev–Trinajstić information content (AvgIpc) is 3.53. The Bertz CT molecular complexity index is 1380. The van der Waals surface area contributed by atoms with Gasteiger partial charge in [-0.05, 0) is 55.3 Å². The lowest BCUT2D eigenvalue weighted by Gasteiger charge is -2.26. The van der Waals surface area contributed by atoms with E-state index in [4.69, 9.17) is 14.2 Å². The number of nitrogens with zero attached hydrogens (tertiary/aromatic N) is 1. The normalized spacial score (nSPS) is 19.3. The van der Waals surface area contributed by atoms with Crippen LogP contribution >= 0.6 is 0 Å². The number of hydrogen-bond acceptors (Lipinski definition) is 7. The number of anilines is 1. The molecule has 2 heterocycles. The summed E-state index contributed by atoms with van der Waals surface area (Å²) in [5.41, 5.74) is 2.99. The number of benzene rings is 3. The van der Waals surface area contributed by atoms with Gasteiger partial charge in [0.2, 0.25) is 0 Å². The summed E-state index contributed by atoms with van der Waals surface area (Å²) in [5, 5.41) is 15.2. The SMILES string of the molecule is O=C(O)C(Cc1ccc(OCCN2CCCCC2)cc1)NC(=O)[C@@H]1OCO[C@H]1C(=O)Nc1ccccc1-c1ccccc1. The fraction of sp³-hybridized carbons (Fsp3) is 0.364. The number of piperidine rings is 1. The first-order valence-electron chi connectivity index (χ1n) is 14.6. The van der Waals surface area contributed by atoms with Crippen molar-refractivity contribution in [2.45, 2.75) is 43.9 Å². The number of likely N-dealkylation sites (tertiary alicyclic amines) is 1. The van der Waals surface area contributed by atoms with Crippen LogP contribution in [-0.2, 0) is 30.3 Å². The number of amides is 2. The molecular weight excluding hydrogens is 550 g/mol. The lowest BCUT2D eigenvalue weighted by atomic mass is 10.0. The van der Waals surface area contributed by atoms with E-state index in [1.54, 1.807) is 36.4 Å². The van der Waals surface area contributed by atoms with E-state index in [9.17, 15) is 19.5 Å². The van der Waals surface area contributed by atoms with Crippen molar-refractivity contribution < 1.29 is 33.7 Å². The standard InChI is InChI=1S/C33H37N3O7/c37-31(34-27-12-6-5-11-26(27)24-9-3-1-4-10-24)29-30(43-22-42-29)32(38)35-28(33(39)40)21-23-13-15-25(16-14-23)41-20-19-36-17-7-2-8-18-36/h1,3-6,9-16,28-30H,2,7-8,17-22H2,(H,34,37)(H,35,38)(H,39,40)/t28?,29-,30-/m1/s1. The maximum absolute atomic E-state index is 13.2. The third-order valence-electron chi connectivity index (χ3n) is 7.66. The molecule has 3 aromatic rings. The molecule has 2 aliphatic heterocycles. The minimum absolute atomic E-state index is 0.0457. The van der Waals surface area contributed by atoms with Crippen LogP contribution in [0.15, 0.2) is 78.9 Å². The van der Waals surface area contributed by atoms with Crippen molar-refractivity contribution in [3.63, 3.8) is 0 Å². The minimum Gasteiger partial charge on any atom is -0.492 e. The molecule has 2 saturated heterocycles. The van der Waals surface area contributed by atoms with Gasteiger partial charge >= 0.3 is 5.97 Å². The van der Waals surface area contributed by atoms with Crippen molar-refractivity contribution in [2.24, 2.45) is 0 Å². The van der Waals surface area contributed by atoms with E-state index in [1.807, 2.05) is 42.5 Å². The maximum Gasteiger partial charge on any atom is 0.326 e. The van der Waals surface area contributed by atoms with E-state index in [1.165, 1.54) is 19.3 Å². The number of carbonyl (C=O) groups excluding carboxylic acids is 2. The van der Waals surface area contributed by atoms with Gasteiger partial charge in [0.15, 0.2) is 12.2 Å². The second kappa shape index (κ2) is 14.8. The fourth-order valence-corrected chi connectivity index (χ4v) is 5.34. The van der Waals surface area contributed by atoms with Crippen LogP contribution in [0.1, 0.15) is 24.8 Å². The summed E-state index contributed by atoms with van der Waals surface area (Å²) in [6.45, 7) is 3.41. The number of hydrogen-bond donors (Lipinski definition) is 3. The zero-order chi connectivity index (χ0) is 30.0. The molecule has 3 atom stereocenters. The maximum atomic E-state index is 13.2. The Hall–Kier alpha value is -4.25. The molecular formula is C33H37N3O7. The first kappa shape index (κ1) is 30.2. The van der Waals surface area contributed by atoms with Gasteiger partial charge in [-0.2, -0.15) is 0 Å². The van der Waals surface area contributed by atoms with E-state index in [0.717, 1.165) is 30.8 Å². The number of carbonyl (C=O) groups is 3. The highest BCUT2D eigenvalue weighted by molar-refractivity contribution is 6.01. The van der Waals surface area contributed by atoms with Gasteiger partial charge in [-0.3, -0.25) is 14.5 Å². The van der Waals surface area contributed by atoms with E-state index in [0.29, 0.717) is 23.6 Å². The third-order valence-corrected chi connectivity index (χ3v) is 7.66. The Balaban J connectivity index is 1.16. The summed E-state index contributed by atoms with van der Waals surface area (Å²) in [7, 11) is 0. The smallest absolute Gasteiger partial charge is 0.326 e. The van der Waals surface area contributed by atoms with E-state index >= 15 is 0 Å². The number of carboxylic acids is 1. The molecule has 0 aromatic heterocycles. The molecule has 1 unspecified atom stereocenters. The Labute approximate surface area is 250 Å². The highest BCUT2D eigenvalue weighted by Gasteiger charge is 2.42. The second-order valence-corrected chi connectivity index (χ2v) is 10.7. The van der Waals surface area contributed by atoms with Crippen LogP contribution in [0.3, 0.4) is 0 Å². The number of carboxylic acid groups (broad SMARTS) is 1. The first-order chi connectivity index (χ1) is 21.0. The van der Waals surface area contributed by atoms with Crippen LogP contribution in [0.25, 0.3) is 11.1 Å². The molecule has 0 bridgehead atoms. The molecule has 10 heteroatoms. The molecule has 43 heavy (non-hydrogen) atoms. The predicted octanol–water partition coefficient (Wildman–Crippen LogP) is 3.71. The summed E-state index contributed by atoms with van der Waals surface area (Å²) in [4.78, 5) is 40.8. The van der Waals surface area contributed by atoms with Crippen molar-refractivity contribution in [1.82, 2.24) is 10.2 Å². The lowest BCUT2D eigenvalue weighted by molar-refractivity contribution is -0.144. The van der Waals surface area contributed by atoms with Gasteiger partial charge in [0.25, 0.3) is 11.8 Å². The quantitative estimate of drug-likeness (QED) is 0.293. The van der Waals surface area contributed by atoms with Crippen LogP contribution in [-0.4, -0.2) is 79.1 Å². The largest absolute Gasteiger partial charge is 0.492 e. The van der Waals surface area contributed by atoms with Crippen LogP contribution in [0.5, 0.6) is 5.75 Å². The monoisotopic (exact) mass is 587 g/mol. The predicted molar refractivity (Wildman–Crippen MR) is 161 cm³/mol. The molecule has 5 rings (SSSR count). The zero-order valence-electron chi connectivity index (χ0n) is 23.9. The number of para-hydroxylation sites is 1. The Kier molecular flexibility index (Phi) is 10.4. The van der Waals surface area contributed by atoms with E-state index < -0.39 is 36.0 Å². The number of nitrogens with one attached hydrogen (secondary N) is 2. The topological polar surface area (TPSA) is 126 Å². The summed E-state index contributed by atoms with van der Waals surface area (Å²) in [5.74, 6) is -1.80. The number of aliphatic carboxylic acids is 1. The van der Waals surface area contributed by atoms with Gasteiger partial charge in [0, 0.05) is 24.2 Å². The molecule has 3 aromatic carbocycles. The molecule has 2 amide bonds. The van der Waals surface area contributed by atoms with Crippen molar-refractivity contribution in [3.8, 4) is 16.9 Å². The molecule has 2 fully saturated rings. The fourth-order valence-electron chi connectivity index (χ4n) is 5.34. The van der Waals surface area contributed by atoms with Gasteiger partial charge in [-0.15, -0.1) is 0 Å². The van der Waals surface area contributed by atoms with Gasteiger partial charge < -0.3 is 30.0 Å². The van der Waals surface area contributed by atoms with Crippen LogP contribution < -0.4 is 15.4 Å². The molecule has 0 radical (unpaired) electrons. The molecule has 226 valence electrons. The van der Waals surface area contributed by atoms with Crippen molar-refractivity contribution >= 4 is 23.5 Å². The van der Waals surface area contributed by atoms with Gasteiger partial charge in [0.05, 0.1) is 0 Å². The van der Waals surface area contributed by atoms with Crippen LogP contribution in [0, 0.1) is 0 Å². The average molecular weight is 588 g/mol. The summed E-state index contributed by atoms with van der Waals surface area (Å²) in [6, 6.07) is 22.8. The summed E-state index contributed by atoms with van der Waals surface area (Å²) < 4.78 is 16.7. The minimum atomic E-state index is -1.30. The van der Waals surface area contributed by atoms with E-state index in [2.05, 4.69) is 15.5 Å². The Morgan fingerprint density at radius 1 is 0.860 bits per heavy atom. The van der Waals surface area contributed by atoms with Gasteiger partial charge in [-0.1, -0.05) is 67.1 Å². The summed E-state index contributed by atoms with van der Waals surface area (Å²) >= 11 is 0. The lowest BCUT2D eigenvalue weighted by Crippen LogP contribution is -2.51.